The molecule has 1 aromatic heterocycles. The molecule has 0 aliphatic carbocycles. The summed E-state index contributed by atoms with van der Waals surface area (Å²) in [6.07, 6.45) is -0.483. The molecule has 0 aliphatic rings. The van der Waals surface area contributed by atoms with E-state index < -0.39 is 11.8 Å². The van der Waals surface area contributed by atoms with Gasteiger partial charge in [0, 0.05) is 6.42 Å². The van der Waals surface area contributed by atoms with Crippen LogP contribution in [0.2, 0.25) is 0 Å². The van der Waals surface area contributed by atoms with Gasteiger partial charge in [-0.1, -0.05) is 0 Å². The average Bonchev–Trinajstić information content (AvgIpc) is 2.24. The maximum Gasteiger partial charge on any atom is 0.323 e. The fourth-order valence-electron chi connectivity index (χ4n) is 0.672. The molecule has 0 bridgehead atoms. The average molecular weight is 339 g/mol. The van der Waals surface area contributed by atoms with E-state index in [1.54, 1.807) is 0 Å². The number of nitrogens with zero attached hydrogens (tertiary/aromatic N) is 3. The van der Waals surface area contributed by atoms with Gasteiger partial charge < -0.3 is 0 Å². The van der Waals surface area contributed by atoms with Crippen LogP contribution in [0.5, 0.6) is 0 Å². The summed E-state index contributed by atoms with van der Waals surface area (Å²) in [5, 5.41) is 0.600. The Morgan fingerprint density at radius 2 is 2.08 bits per heavy atom. The minimum Gasteiger partial charge on any atom is -0.239 e. The van der Waals surface area contributed by atoms with Crippen LogP contribution in [0.1, 0.15) is 6.42 Å². The maximum atomic E-state index is 12.2. The van der Waals surface area contributed by atoms with Gasteiger partial charge in [-0.2, -0.15) is 13.8 Å². The smallest absolute Gasteiger partial charge is 0.239 e. The number of hydrogen-bond acceptors (Lipinski definition) is 2. The highest BCUT2D eigenvalue weighted by Gasteiger charge is 2.24. The largest absolute Gasteiger partial charge is 0.323 e. The Morgan fingerprint density at radius 3 is 2.46 bits per heavy atom. The second kappa shape index (κ2) is 4.18. The molecule has 8 heteroatoms. The van der Waals surface area contributed by atoms with E-state index >= 15 is 0 Å². The van der Waals surface area contributed by atoms with Gasteiger partial charge in [0.2, 0.25) is 4.73 Å². The molecule has 1 rings (SSSR count). The zero-order valence-electron chi connectivity index (χ0n) is 6.15. The van der Waals surface area contributed by atoms with Gasteiger partial charge in [-0.3, -0.25) is 0 Å². The molecule has 1 aromatic rings. The molecule has 0 saturated heterocycles. The van der Waals surface area contributed by atoms with Crippen molar-refractivity contribution in [3.8, 4) is 0 Å². The lowest BCUT2D eigenvalue weighted by Gasteiger charge is -2.06. The van der Waals surface area contributed by atoms with Gasteiger partial charge in [-0.05, 0) is 43.5 Å². The summed E-state index contributed by atoms with van der Waals surface area (Å²) in [6, 6.07) is 0. The monoisotopic (exact) mass is 337 g/mol. The quantitative estimate of drug-likeness (QED) is 0.793. The minimum atomic E-state index is -3.20. The molecule has 0 aliphatic heterocycles. The summed E-state index contributed by atoms with van der Waals surface area (Å²) >= 11 is 10.8. The van der Waals surface area contributed by atoms with E-state index in [-0.39, 0.29) is 6.54 Å². The van der Waals surface area contributed by atoms with E-state index in [2.05, 4.69) is 41.9 Å². The summed E-state index contributed by atoms with van der Waals surface area (Å²) < 4.78 is 26.5. The van der Waals surface area contributed by atoms with Crippen molar-refractivity contribution in [2.75, 3.05) is 0 Å². The van der Waals surface area contributed by atoms with Crippen molar-refractivity contribution in [3.63, 3.8) is 0 Å². The van der Waals surface area contributed by atoms with Gasteiger partial charge in [0.25, 0.3) is 0 Å². The number of rotatable bonds is 3. The third kappa shape index (κ3) is 3.86. The fourth-order valence-corrected chi connectivity index (χ4v) is 1.78. The van der Waals surface area contributed by atoms with Crippen LogP contribution in [0.4, 0.5) is 8.78 Å². The molecule has 0 radical (unpaired) electrons. The summed E-state index contributed by atoms with van der Waals surface area (Å²) in [5.41, 5.74) is 0. The lowest BCUT2D eigenvalue weighted by Crippen LogP contribution is -2.12. The number of alkyl halides is 3. The van der Waals surface area contributed by atoms with Gasteiger partial charge >= 0.3 is 5.38 Å². The molecule has 0 spiro atoms. The van der Waals surface area contributed by atoms with Crippen LogP contribution >= 0.6 is 43.5 Å². The summed E-state index contributed by atoms with van der Waals surface area (Å²) in [6.45, 7) is 0.00961. The third-order valence-electron chi connectivity index (χ3n) is 1.21. The Bertz CT molecular complexity index is 298. The van der Waals surface area contributed by atoms with E-state index in [9.17, 15) is 8.78 Å². The van der Waals surface area contributed by atoms with Crippen molar-refractivity contribution in [2.24, 2.45) is 0 Å². The Labute approximate surface area is 94.7 Å². The van der Waals surface area contributed by atoms with Crippen LogP contribution in [-0.2, 0) is 6.54 Å². The van der Waals surface area contributed by atoms with Crippen molar-refractivity contribution in [1.29, 1.82) is 0 Å². The van der Waals surface area contributed by atoms with Crippen LogP contribution < -0.4 is 0 Å². The normalized spacial score (nSPS) is 12.1. The molecule has 0 aromatic carbocycles. The minimum absolute atomic E-state index is 0.00961. The van der Waals surface area contributed by atoms with Gasteiger partial charge in [0.15, 0.2) is 4.73 Å². The first-order valence-electron chi connectivity index (χ1n) is 3.21. The maximum absolute atomic E-state index is 12.2. The van der Waals surface area contributed by atoms with Crippen LogP contribution in [-0.4, -0.2) is 20.1 Å². The van der Waals surface area contributed by atoms with Crippen LogP contribution in [0.15, 0.2) is 9.47 Å². The first-order valence-corrected chi connectivity index (χ1v) is 5.17. The molecular formula is C5H4Br2ClF2N3. The molecule has 0 saturated carbocycles. The van der Waals surface area contributed by atoms with Crippen LogP contribution in [0.3, 0.4) is 0 Å². The second-order valence-corrected chi connectivity index (χ2v) is 4.21. The number of halogens is 5. The highest BCUT2D eigenvalue weighted by atomic mass is 79.9. The zero-order valence-corrected chi connectivity index (χ0v) is 10.1. The molecular weight excluding hydrogens is 335 g/mol. The second-order valence-electron chi connectivity index (χ2n) is 2.24. The standard InChI is InChI=1S/C5H4Br2ClF2N3/c6-3-11-4(7)13(12-3)2-1-5(8,9)10/h1-2H2. The Hall–Kier alpha value is 0.250. The van der Waals surface area contributed by atoms with Crippen molar-refractivity contribution in [3.05, 3.63) is 9.47 Å². The van der Waals surface area contributed by atoms with E-state index in [4.69, 9.17) is 11.6 Å². The third-order valence-corrected chi connectivity index (χ3v) is 2.32. The first-order chi connectivity index (χ1) is 5.88. The van der Waals surface area contributed by atoms with E-state index in [0.29, 0.717) is 9.47 Å². The van der Waals surface area contributed by atoms with Gasteiger partial charge in [0.05, 0.1) is 6.54 Å². The Morgan fingerprint density at radius 1 is 1.46 bits per heavy atom. The lowest BCUT2D eigenvalue weighted by molar-refractivity contribution is 0.0792. The fraction of sp³-hybridized carbons (Fsp3) is 0.600. The number of aryl methyl sites for hydroxylation is 1. The van der Waals surface area contributed by atoms with Gasteiger partial charge in [-0.15, -0.1) is 5.10 Å². The van der Waals surface area contributed by atoms with Crippen molar-refractivity contribution in [1.82, 2.24) is 14.8 Å². The molecule has 0 N–H and O–H groups in total. The molecule has 0 amide bonds. The lowest BCUT2D eigenvalue weighted by atomic mass is 10.4. The SMILES string of the molecule is FC(F)(Cl)CCn1nc(Br)nc1Br. The molecule has 0 fully saturated rings. The summed E-state index contributed by atoms with van der Waals surface area (Å²) in [5.74, 6) is 0. The predicted octanol–water partition coefficient (Wildman–Crippen LogP) is 3.02. The summed E-state index contributed by atoms with van der Waals surface area (Å²) in [7, 11) is 0. The van der Waals surface area contributed by atoms with E-state index in [1.807, 2.05) is 0 Å². The number of aromatic nitrogens is 3. The van der Waals surface area contributed by atoms with Crippen molar-refractivity contribution >= 4 is 43.5 Å². The van der Waals surface area contributed by atoms with Crippen LogP contribution in [0, 0.1) is 0 Å². The zero-order chi connectivity index (χ0) is 10.1. The molecule has 0 atom stereocenters. The molecule has 1 heterocycles. The highest BCUT2D eigenvalue weighted by Crippen LogP contribution is 2.24. The van der Waals surface area contributed by atoms with Gasteiger partial charge in [-0.25, -0.2) is 4.68 Å². The number of hydrogen-bond donors (Lipinski definition) is 0. The van der Waals surface area contributed by atoms with Gasteiger partial charge in [0.1, 0.15) is 0 Å². The van der Waals surface area contributed by atoms with Crippen LogP contribution in [0.25, 0.3) is 0 Å². The van der Waals surface area contributed by atoms with Crippen molar-refractivity contribution < 1.29 is 8.78 Å². The summed E-state index contributed by atoms with van der Waals surface area (Å²) in [4.78, 5) is 3.81. The van der Waals surface area contributed by atoms with E-state index in [0.717, 1.165) is 0 Å². The highest BCUT2D eigenvalue weighted by molar-refractivity contribution is 9.11. The Balaban J connectivity index is 2.59. The van der Waals surface area contributed by atoms with Crippen molar-refractivity contribution in [2.45, 2.75) is 18.3 Å². The predicted molar refractivity (Wildman–Crippen MR) is 50.8 cm³/mol. The first kappa shape index (κ1) is 11.3. The molecule has 3 nitrogen and oxygen atoms in total. The van der Waals surface area contributed by atoms with E-state index in [1.165, 1.54) is 4.68 Å². The molecule has 0 unspecified atom stereocenters. The molecule has 13 heavy (non-hydrogen) atoms. The Kier molecular flexibility index (Phi) is 3.64. The molecule has 74 valence electrons. The topological polar surface area (TPSA) is 30.7 Å².